The lowest BCUT2D eigenvalue weighted by atomic mass is 10.3. The van der Waals surface area contributed by atoms with Gasteiger partial charge in [0.05, 0.1) is 12.8 Å². The van der Waals surface area contributed by atoms with E-state index in [1.807, 2.05) is 0 Å². The molecule has 0 amide bonds. The van der Waals surface area contributed by atoms with Crippen LogP contribution in [0, 0.1) is 0 Å². The number of phosphoric acid groups is 1. The van der Waals surface area contributed by atoms with E-state index in [0.717, 1.165) is 6.04 Å². The molecule has 6 nitrogen and oxygen atoms in total. The lowest BCUT2D eigenvalue weighted by molar-refractivity contribution is 0.192. The number of nitrogens with zero attached hydrogens (tertiary/aromatic N) is 2. The van der Waals surface area contributed by atoms with Gasteiger partial charge in [-0.1, -0.05) is 0 Å². The highest BCUT2D eigenvalue weighted by Crippen LogP contribution is 2.34. The van der Waals surface area contributed by atoms with Crippen molar-refractivity contribution in [1.82, 2.24) is 9.80 Å². The zero-order valence-corrected chi connectivity index (χ0v) is 11.5. The second-order valence-corrected chi connectivity index (χ2v) is 5.23. The lowest BCUT2D eigenvalue weighted by Crippen LogP contribution is -2.32. The summed E-state index contributed by atoms with van der Waals surface area (Å²) in [7, 11) is 0.185. The summed E-state index contributed by atoms with van der Waals surface area (Å²) in [5.74, 6) is 0. The van der Waals surface area contributed by atoms with Crippen molar-refractivity contribution in [3.63, 3.8) is 0 Å². The number of hydrogen-bond acceptors (Lipinski definition) is 4. The summed E-state index contributed by atoms with van der Waals surface area (Å²) < 4.78 is 13.6. The molecule has 1 aliphatic heterocycles. The van der Waals surface area contributed by atoms with Crippen LogP contribution < -0.4 is 0 Å². The molecule has 0 bridgehead atoms. The van der Waals surface area contributed by atoms with Gasteiger partial charge in [0, 0.05) is 12.6 Å². The molecular weight excluding hydrogens is 231 g/mol. The topological polar surface area (TPSA) is 73.2 Å². The summed E-state index contributed by atoms with van der Waals surface area (Å²) in [5.41, 5.74) is 0. The highest BCUT2D eigenvalue weighted by molar-refractivity contribution is 7.46. The molecule has 1 fully saturated rings. The van der Waals surface area contributed by atoms with Crippen molar-refractivity contribution in [1.29, 1.82) is 0 Å². The third-order valence-electron chi connectivity index (χ3n) is 2.77. The highest BCUT2D eigenvalue weighted by atomic mass is 31.2. The fourth-order valence-electron chi connectivity index (χ4n) is 1.55. The first-order chi connectivity index (χ1) is 7.19. The molecule has 1 saturated heterocycles. The maximum atomic E-state index is 9.70. The van der Waals surface area contributed by atoms with Crippen molar-refractivity contribution in [3.05, 3.63) is 0 Å². The van der Waals surface area contributed by atoms with Crippen LogP contribution in [0.4, 0.5) is 0 Å². The first kappa shape index (κ1) is 16.0. The van der Waals surface area contributed by atoms with Gasteiger partial charge in [0.25, 0.3) is 0 Å². The van der Waals surface area contributed by atoms with Gasteiger partial charge >= 0.3 is 7.82 Å². The summed E-state index contributed by atoms with van der Waals surface area (Å²) in [6.07, 6.45) is 0.625. The third kappa shape index (κ3) is 5.94. The van der Waals surface area contributed by atoms with Gasteiger partial charge < -0.3 is 9.79 Å². The van der Waals surface area contributed by atoms with Crippen LogP contribution in [0.2, 0.25) is 0 Å². The molecule has 1 heterocycles. The van der Waals surface area contributed by atoms with Crippen LogP contribution in [0.3, 0.4) is 0 Å². The number of rotatable bonds is 2. The van der Waals surface area contributed by atoms with Crippen LogP contribution in [0.15, 0.2) is 0 Å². The minimum absolute atomic E-state index is 0.0459. The van der Waals surface area contributed by atoms with E-state index in [2.05, 4.69) is 42.3 Å². The molecule has 0 saturated carbocycles. The Morgan fingerprint density at radius 2 is 1.88 bits per heavy atom. The number of likely N-dealkylation sites (N-methyl/N-ethyl adjacent to an activating group) is 2. The normalized spacial score (nSPS) is 27.7. The van der Waals surface area contributed by atoms with Crippen LogP contribution in [0.1, 0.15) is 20.8 Å². The smallest absolute Gasteiger partial charge is 0.303 e. The van der Waals surface area contributed by atoms with E-state index >= 15 is 0 Å². The molecule has 0 aromatic rings. The lowest BCUT2D eigenvalue weighted by Gasteiger charge is -2.21. The summed E-state index contributed by atoms with van der Waals surface area (Å²) in [4.78, 5) is 20.6. The zero-order chi connectivity index (χ0) is 12.9. The number of phosphoric ester groups is 1. The molecule has 1 rings (SSSR count). The predicted octanol–water partition coefficient (Wildman–Crippen LogP) is 0.714. The molecule has 0 spiro atoms. The van der Waals surface area contributed by atoms with Crippen LogP contribution in [0.25, 0.3) is 0 Å². The van der Waals surface area contributed by atoms with E-state index in [9.17, 15) is 4.57 Å². The average molecular weight is 254 g/mol. The van der Waals surface area contributed by atoms with Gasteiger partial charge in [-0.25, -0.2) is 4.57 Å². The first-order valence-electron chi connectivity index (χ1n) is 5.31. The average Bonchev–Trinajstić information content (AvgIpc) is 2.32. The largest absolute Gasteiger partial charge is 0.469 e. The molecule has 2 N–H and O–H groups in total. The van der Waals surface area contributed by atoms with Crippen molar-refractivity contribution in [2.24, 2.45) is 0 Å². The van der Waals surface area contributed by atoms with E-state index in [-0.39, 0.29) is 6.61 Å². The van der Waals surface area contributed by atoms with E-state index in [4.69, 9.17) is 9.79 Å². The van der Waals surface area contributed by atoms with Gasteiger partial charge in [-0.15, -0.1) is 0 Å². The quantitative estimate of drug-likeness (QED) is 0.707. The summed E-state index contributed by atoms with van der Waals surface area (Å²) >= 11 is 0. The summed E-state index contributed by atoms with van der Waals surface area (Å²) in [6.45, 7) is 7.27. The molecule has 7 heteroatoms. The Kier molecular flexibility index (Phi) is 6.70. The highest BCUT2D eigenvalue weighted by Gasteiger charge is 2.27. The molecule has 98 valence electrons. The van der Waals surface area contributed by atoms with Crippen molar-refractivity contribution in [2.75, 3.05) is 27.2 Å². The first-order valence-corrected chi connectivity index (χ1v) is 6.84. The number of hydrogen-bond donors (Lipinski definition) is 2. The Balaban J connectivity index is 0.000000293. The van der Waals surface area contributed by atoms with E-state index < -0.39 is 7.82 Å². The van der Waals surface area contributed by atoms with Crippen molar-refractivity contribution >= 4 is 7.82 Å². The van der Waals surface area contributed by atoms with Gasteiger partial charge in [-0.2, -0.15) is 0 Å². The monoisotopic (exact) mass is 254 g/mol. The van der Waals surface area contributed by atoms with Crippen molar-refractivity contribution in [3.8, 4) is 0 Å². The maximum absolute atomic E-state index is 9.70. The second kappa shape index (κ2) is 6.69. The minimum Gasteiger partial charge on any atom is -0.303 e. The van der Waals surface area contributed by atoms with E-state index in [0.29, 0.717) is 6.17 Å². The Labute approximate surface area is 97.4 Å². The fourth-order valence-corrected chi connectivity index (χ4v) is 1.88. The molecule has 0 aromatic carbocycles. The standard InChI is InChI=1S/C7H16N2.C2H7O4P/c1-6-5-8(3)7(2)9(6)4;1-2-6-7(3,4)5/h6-7H,5H2,1-4H3;2H2,1H3,(H2,3,4,5). The van der Waals surface area contributed by atoms with Gasteiger partial charge in [0.15, 0.2) is 0 Å². The van der Waals surface area contributed by atoms with Crippen LogP contribution in [0.5, 0.6) is 0 Å². The third-order valence-corrected chi connectivity index (χ3v) is 3.37. The van der Waals surface area contributed by atoms with Crippen molar-refractivity contribution in [2.45, 2.75) is 33.0 Å². The Morgan fingerprint density at radius 3 is 1.94 bits per heavy atom. The molecule has 0 aliphatic carbocycles. The maximum Gasteiger partial charge on any atom is 0.469 e. The van der Waals surface area contributed by atoms with E-state index in [1.54, 1.807) is 0 Å². The Bertz CT molecular complexity index is 234. The molecule has 1 aliphatic rings. The zero-order valence-electron chi connectivity index (χ0n) is 10.6. The Morgan fingerprint density at radius 1 is 1.38 bits per heavy atom. The minimum atomic E-state index is -4.17. The molecule has 16 heavy (non-hydrogen) atoms. The van der Waals surface area contributed by atoms with Crippen molar-refractivity contribution < 1.29 is 18.9 Å². The molecule has 0 aromatic heterocycles. The molecule has 2 unspecified atom stereocenters. The van der Waals surface area contributed by atoms with Gasteiger partial charge in [-0.3, -0.25) is 14.3 Å². The fraction of sp³-hybridized carbons (Fsp3) is 1.00. The van der Waals surface area contributed by atoms with Crippen LogP contribution in [-0.2, 0) is 9.09 Å². The van der Waals surface area contributed by atoms with E-state index in [1.165, 1.54) is 13.5 Å². The van der Waals surface area contributed by atoms with Gasteiger partial charge in [0.1, 0.15) is 0 Å². The van der Waals surface area contributed by atoms with Gasteiger partial charge in [0.2, 0.25) is 0 Å². The SMILES string of the molecule is CC1CN(C)C(C)N1C.CCOP(=O)(O)O. The van der Waals surface area contributed by atoms with Crippen LogP contribution in [-0.4, -0.2) is 59.0 Å². The summed E-state index contributed by atoms with van der Waals surface area (Å²) in [5, 5.41) is 0. The molecule has 0 radical (unpaired) electrons. The molecule has 2 atom stereocenters. The predicted molar refractivity (Wildman–Crippen MR) is 63.0 cm³/mol. The Hall–Kier alpha value is 0.0300. The second-order valence-electron chi connectivity index (χ2n) is 3.99. The van der Waals surface area contributed by atoms with Crippen LogP contribution >= 0.6 is 7.82 Å². The summed E-state index contributed by atoms with van der Waals surface area (Å²) in [6, 6.07) is 0.727. The van der Waals surface area contributed by atoms with Gasteiger partial charge in [-0.05, 0) is 34.9 Å². The molecular formula is C9H23N2O4P.